The van der Waals surface area contributed by atoms with E-state index >= 15 is 0 Å². The summed E-state index contributed by atoms with van der Waals surface area (Å²) < 4.78 is 53.0. The molecule has 0 radical (unpaired) electrons. The summed E-state index contributed by atoms with van der Waals surface area (Å²) in [7, 11) is 0. The van der Waals surface area contributed by atoms with Crippen LogP contribution >= 0.6 is 0 Å². The van der Waals surface area contributed by atoms with Crippen LogP contribution in [0.5, 0.6) is 0 Å². The summed E-state index contributed by atoms with van der Waals surface area (Å²) >= 11 is 0. The molecule has 4 nitrogen and oxygen atoms in total. The van der Waals surface area contributed by atoms with Gasteiger partial charge in [-0.1, -0.05) is 40.0 Å². The van der Waals surface area contributed by atoms with E-state index in [4.69, 9.17) is 18.9 Å². The van der Waals surface area contributed by atoms with Crippen LogP contribution in [0.4, 0.5) is 8.78 Å². The molecule has 1 aliphatic heterocycles. The molecule has 1 aromatic carbocycles. The molecule has 1 aromatic rings. The molecule has 172 valence electrons. The fraction of sp³-hybridized carbons (Fsp3) is 0.750. The molecule has 1 unspecified atom stereocenters. The lowest BCUT2D eigenvalue weighted by molar-refractivity contribution is -0.0795. The summed E-state index contributed by atoms with van der Waals surface area (Å²) in [6.07, 6.45) is 4.01. The van der Waals surface area contributed by atoms with Gasteiger partial charge in [0, 0.05) is 31.5 Å². The second kappa shape index (κ2) is 13.4. The van der Waals surface area contributed by atoms with Crippen LogP contribution in [0.1, 0.15) is 76.5 Å². The van der Waals surface area contributed by atoms with Gasteiger partial charge in [-0.25, -0.2) is 8.78 Å². The van der Waals surface area contributed by atoms with Crippen molar-refractivity contribution in [2.45, 2.75) is 90.6 Å². The van der Waals surface area contributed by atoms with Gasteiger partial charge in [-0.3, -0.25) is 0 Å². The summed E-state index contributed by atoms with van der Waals surface area (Å²) in [6, 6.07) is 2.45. The van der Waals surface area contributed by atoms with E-state index in [0.717, 1.165) is 44.6 Å². The topological polar surface area (TPSA) is 36.9 Å². The number of unbranched alkanes of at least 4 members (excludes halogenated alkanes) is 3. The minimum absolute atomic E-state index is 0.315. The molecule has 0 N–H and O–H groups in total. The highest BCUT2D eigenvalue weighted by atomic mass is 19.1. The molecular weight excluding hydrogens is 390 g/mol. The number of hydrogen-bond acceptors (Lipinski definition) is 4. The first-order chi connectivity index (χ1) is 14.5. The van der Waals surface area contributed by atoms with Gasteiger partial charge >= 0.3 is 0 Å². The highest BCUT2D eigenvalue weighted by Crippen LogP contribution is 2.39. The molecule has 1 saturated heterocycles. The third-order valence-electron chi connectivity index (χ3n) is 5.44. The van der Waals surface area contributed by atoms with Gasteiger partial charge in [-0.15, -0.1) is 0 Å². The molecule has 0 saturated carbocycles. The molecule has 0 amide bonds. The van der Waals surface area contributed by atoms with E-state index in [-0.39, 0.29) is 12.2 Å². The van der Waals surface area contributed by atoms with Crippen LogP contribution in [0.3, 0.4) is 0 Å². The van der Waals surface area contributed by atoms with E-state index in [2.05, 4.69) is 20.8 Å². The summed E-state index contributed by atoms with van der Waals surface area (Å²) in [5, 5.41) is 0. The zero-order valence-corrected chi connectivity index (χ0v) is 18.9. The normalized spacial score (nSPS) is 23.9. The van der Waals surface area contributed by atoms with E-state index in [1.807, 2.05) is 0 Å². The van der Waals surface area contributed by atoms with Gasteiger partial charge in [-0.2, -0.15) is 0 Å². The summed E-state index contributed by atoms with van der Waals surface area (Å²) in [5.41, 5.74) is 0.698. The Labute approximate surface area is 180 Å². The van der Waals surface area contributed by atoms with Crippen molar-refractivity contribution in [1.29, 1.82) is 0 Å². The van der Waals surface area contributed by atoms with Crippen molar-refractivity contribution in [3.8, 4) is 0 Å². The quantitative estimate of drug-likeness (QED) is 0.346. The molecule has 0 aliphatic carbocycles. The molecule has 0 bridgehead atoms. The zero-order valence-electron chi connectivity index (χ0n) is 18.9. The second-order valence-corrected chi connectivity index (χ2v) is 8.02. The summed E-state index contributed by atoms with van der Waals surface area (Å²) in [4.78, 5) is 0. The smallest absolute Gasteiger partial charge is 0.132 e. The molecule has 1 aliphatic rings. The number of halogens is 2. The standard InChI is InChI=1S/C24H38F2O4/c1-5-8-11-27-16-21-23(28-12-9-6-2)24(29-13-10-7-3)22(30-21)18-14-17(4)19(25)15-20(18)26/h14-15,21-24H,5-13,16H2,1-4H3/t21-,22+,23+,24?/m1/s1. The Morgan fingerprint density at radius 3 is 2.07 bits per heavy atom. The Kier molecular flexibility index (Phi) is 11.2. The minimum atomic E-state index is -0.660. The predicted octanol–water partition coefficient (Wildman–Crippen LogP) is 5.90. The van der Waals surface area contributed by atoms with E-state index in [1.54, 1.807) is 6.92 Å². The highest BCUT2D eigenvalue weighted by Gasteiger charge is 2.47. The minimum Gasteiger partial charge on any atom is -0.379 e. The Hall–Kier alpha value is -1.08. The first-order valence-electron chi connectivity index (χ1n) is 11.4. The van der Waals surface area contributed by atoms with E-state index in [0.29, 0.717) is 37.6 Å². The van der Waals surface area contributed by atoms with Crippen LogP contribution < -0.4 is 0 Å². The monoisotopic (exact) mass is 428 g/mol. The van der Waals surface area contributed by atoms with Crippen LogP contribution in [0.2, 0.25) is 0 Å². The van der Waals surface area contributed by atoms with Crippen molar-refractivity contribution in [2.75, 3.05) is 26.4 Å². The molecule has 30 heavy (non-hydrogen) atoms. The van der Waals surface area contributed by atoms with Gasteiger partial charge in [0.15, 0.2) is 0 Å². The van der Waals surface area contributed by atoms with E-state index in [1.165, 1.54) is 6.07 Å². The fourth-order valence-corrected chi connectivity index (χ4v) is 3.57. The van der Waals surface area contributed by atoms with Gasteiger partial charge in [0.05, 0.1) is 6.61 Å². The lowest BCUT2D eigenvalue weighted by atomic mass is 9.98. The average Bonchev–Trinajstić information content (AvgIpc) is 3.06. The molecule has 2 rings (SSSR count). The Bertz CT molecular complexity index is 625. The summed E-state index contributed by atoms with van der Waals surface area (Å²) in [6.45, 7) is 10.1. The lowest BCUT2D eigenvalue weighted by Crippen LogP contribution is -2.38. The SMILES string of the molecule is CCCCOC[C@H]1O[C@@H](c2cc(C)c(F)cc2F)C(OCCCC)[C@H]1OCCCC. The summed E-state index contributed by atoms with van der Waals surface area (Å²) in [5.74, 6) is -1.18. The number of ether oxygens (including phenoxy) is 4. The number of benzene rings is 1. The molecule has 4 atom stereocenters. The lowest BCUT2D eigenvalue weighted by Gasteiger charge is -2.25. The fourth-order valence-electron chi connectivity index (χ4n) is 3.57. The first-order valence-corrected chi connectivity index (χ1v) is 11.4. The number of rotatable bonds is 14. The van der Waals surface area contributed by atoms with Crippen molar-refractivity contribution in [3.63, 3.8) is 0 Å². The van der Waals surface area contributed by atoms with Crippen molar-refractivity contribution < 1.29 is 27.7 Å². The van der Waals surface area contributed by atoms with Crippen molar-refractivity contribution in [2.24, 2.45) is 0 Å². The van der Waals surface area contributed by atoms with Crippen molar-refractivity contribution in [3.05, 3.63) is 34.9 Å². The second-order valence-electron chi connectivity index (χ2n) is 8.02. The van der Waals surface area contributed by atoms with Gasteiger partial charge < -0.3 is 18.9 Å². The molecule has 6 heteroatoms. The first kappa shape index (κ1) is 25.2. The van der Waals surface area contributed by atoms with Gasteiger partial charge in [0.1, 0.15) is 36.1 Å². The Morgan fingerprint density at radius 1 is 0.833 bits per heavy atom. The molecule has 1 heterocycles. The maximum absolute atomic E-state index is 14.7. The number of hydrogen-bond donors (Lipinski definition) is 0. The van der Waals surface area contributed by atoms with Crippen LogP contribution in [-0.4, -0.2) is 44.7 Å². The maximum Gasteiger partial charge on any atom is 0.132 e. The van der Waals surface area contributed by atoms with Gasteiger partial charge in [0.25, 0.3) is 0 Å². The van der Waals surface area contributed by atoms with Gasteiger partial charge in [-0.05, 0) is 37.8 Å². The van der Waals surface area contributed by atoms with Crippen molar-refractivity contribution >= 4 is 0 Å². The predicted molar refractivity (Wildman–Crippen MR) is 114 cm³/mol. The maximum atomic E-state index is 14.7. The van der Waals surface area contributed by atoms with E-state index in [9.17, 15) is 8.78 Å². The zero-order chi connectivity index (χ0) is 21.9. The highest BCUT2D eigenvalue weighted by molar-refractivity contribution is 5.29. The van der Waals surface area contributed by atoms with Crippen LogP contribution in [-0.2, 0) is 18.9 Å². The van der Waals surface area contributed by atoms with Crippen LogP contribution in [0.25, 0.3) is 0 Å². The molecule has 0 spiro atoms. The average molecular weight is 429 g/mol. The number of aryl methyl sites for hydroxylation is 1. The molecule has 1 fully saturated rings. The van der Waals surface area contributed by atoms with Crippen LogP contribution in [0, 0.1) is 18.6 Å². The van der Waals surface area contributed by atoms with E-state index < -0.39 is 23.8 Å². The van der Waals surface area contributed by atoms with Crippen molar-refractivity contribution in [1.82, 2.24) is 0 Å². The Morgan fingerprint density at radius 2 is 1.43 bits per heavy atom. The van der Waals surface area contributed by atoms with Crippen LogP contribution in [0.15, 0.2) is 12.1 Å². The Balaban J connectivity index is 2.26. The van der Waals surface area contributed by atoms with Gasteiger partial charge in [0.2, 0.25) is 0 Å². The molecular formula is C24H38F2O4. The third-order valence-corrected chi connectivity index (χ3v) is 5.44. The third kappa shape index (κ3) is 6.98. The molecule has 0 aromatic heterocycles. The largest absolute Gasteiger partial charge is 0.379 e.